The molecule has 0 atom stereocenters. The maximum atomic E-state index is 13.0. The lowest BCUT2D eigenvalue weighted by Gasteiger charge is -2.10. The number of carbonyl (C=O) groups excluding carboxylic acids is 1. The van der Waals surface area contributed by atoms with E-state index < -0.39 is 23.7 Å². The lowest BCUT2D eigenvalue weighted by atomic mass is 10.1. The maximum absolute atomic E-state index is 13.0. The lowest BCUT2D eigenvalue weighted by molar-refractivity contribution is -0.137. The number of alkyl halides is 3. The molecule has 0 saturated carbocycles. The van der Waals surface area contributed by atoms with Gasteiger partial charge in [0.05, 0.1) is 5.56 Å². The molecule has 1 amide bonds. The number of halogens is 4. The number of hydrogen-bond acceptors (Lipinski definition) is 2. The van der Waals surface area contributed by atoms with Crippen molar-refractivity contribution in [2.75, 3.05) is 6.54 Å². The number of carbonyl (C=O) groups is 1. The number of nitrogens with one attached hydrogen (secondary N) is 1. The Kier molecular flexibility index (Phi) is 6.77. The summed E-state index contributed by atoms with van der Waals surface area (Å²) in [6, 6.07) is 11.6. The zero-order valence-electron chi connectivity index (χ0n) is 13.7. The van der Waals surface area contributed by atoms with Crippen LogP contribution < -0.4 is 5.32 Å². The standard InChI is InChI=1S/C19H17F4NO2/c20-16-10-9-15(17(12-16)19(21,22)23)8-4-5-11-24-18(25)26-13-14-6-2-1-3-7-14/h1-4,6-10,12H,5,11,13H2,(H,24,25). The molecule has 138 valence electrons. The van der Waals surface area contributed by atoms with Gasteiger partial charge >= 0.3 is 12.3 Å². The molecule has 7 heteroatoms. The Labute approximate surface area is 148 Å². The van der Waals surface area contributed by atoms with Crippen molar-refractivity contribution in [2.45, 2.75) is 19.2 Å². The van der Waals surface area contributed by atoms with E-state index in [1.807, 2.05) is 30.3 Å². The molecule has 2 rings (SSSR count). The highest BCUT2D eigenvalue weighted by atomic mass is 19.4. The molecule has 0 aromatic heterocycles. The predicted molar refractivity (Wildman–Crippen MR) is 89.7 cm³/mol. The van der Waals surface area contributed by atoms with E-state index in [0.717, 1.165) is 17.7 Å². The number of ether oxygens (including phenoxy) is 1. The molecular formula is C19H17F4NO2. The first-order chi connectivity index (χ1) is 12.4. The van der Waals surface area contributed by atoms with Crippen LogP contribution in [-0.2, 0) is 17.5 Å². The van der Waals surface area contributed by atoms with Crippen LogP contribution in [0.5, 0.6) is 0 Å². The third-order valence-electron chi connectivity index (χ3n) is 3.41. The molecule has 3 nitrogen and oxygen atoms in total. The van der Waals surface area contributed by atoms with E-state index in [-0.39, 0.29) is 18.7 Å². The summed E-state index contributed by atoms with van der Waals surface area (Å²) < 4.78 is 56.6. The smallest absolute Gasteiger partial charge is 0.417 e. The van der Waals surface area contributed by atoms with Crippen LogP contribution in [0.15, 0.2) is 54.6 Å². The maximum Gasteiger partial charge on any atom is 0.417 e. The SMILES string of the molecule is O=C(NCCC=Cc1ccc(F)cc1C(F)(F)F)OCc1ccccc1. The highest BCUT2D eigenvalue weighted by Crippen LogP contribution is 2.33. The van der Waals surface area contributed by atoms with Gasteiger partial charge in [-0.15, -0.1) is 0 Å². The second-order valence-electron chi connectivity index (χ2n) is 5.41. The first-order valence-corrected chi connectivity index (χ1v) is 7.84. The first kappa shape index (κ1) is 19.5. The molecule has 0 fully saturated rings. The van der Waals surface area contributed by atoms with Crippen LogP contribution in [0.2, 0.25) is 0 Å². The fraction of sp³-hybridized carbons (Fsp3) is 0.211. The fourth-order valence-electron chi connectivity index (χ4n) is 2.16. The molecule has 0 aliphatic carbocycles. The lowest BCUT2D eigenvalue weighted by Crippen LogP contribution is -2.24. The molecule has 0 spiro atoms. The fourth-order valence-corrected chi connectivity index (χ4v) is 2.16. The van der Waals surface area contributed by atoms with Crippen LogP contribution in [0.1, 0.15) is 23.1 Å². The van der Waals surface area contributed by atoms with Crippen LogP contribution >= 0.6 is 0 Å². The Hall–Kier alpha value is -2.83. The van der Waals surface area contributed by atoms with Gasteiger partial charge in [-0.05, 0) is 29.7 Å². The Morgan fingerprint density at radius 3 is 2.54 bits per heavy atom. The van der Waals surface area contributed by atoms with Crippen molar-refractivity contribution in [1.82, 2.24) is 5.32 Å². The Balaban J connectivity index is 1.78. The molecule has 1 N–H and O–H groups in total. The molecule has 0 heterocycles. The summed E-state index contributed by atoms with van der Waals surface area (Å²) in [5.41, 5.74) is -0.326. The summed E-state index contributed by atoms with van der Waals surface area (Å²) in [6.07, 6.45) is -2.23. The second-order valence-corrected chi connectivity index (χ2v) is 5.41. The van der Waals surface area contributed by atoms with Crippen molar-refractivity contribution >= 4 is 12.2 Å². The number of alkyl carbamates (subject to hydrolysis) is 1. The molecule has 0 unspecified atom stereocenters. The zero-order chi connectivity index (χ0) is 19.0. The largest absolute Gasteiger partial charge is 0.445 e. The highest BCUT2D eigenvalue weighted by molar-refractivity contribution is 5.67. The number of hydrogen-bond donors (Lipinski definition) is 1. The van der Waals surface area contributed by atoms with Gasteiger partial charge in [0.25, 0.3) is 0 Å². The van der Waals surface area contributed by atoms with Gasteiger partial charge in [0.15, 0.2) is 0 Å². The van der Waals surface area contributed by atoms with E-state index in [9.17, 15) is 22.4 Å². The van der Waals surface area contributed by atoms with Crippen LogP contribution in [0.25, 0.3) is 6.08 Å². The minimum atomic E-state index is -4.64. The van der Waals surface area contributed by atoms with E-state index >= 15 is 0 Å². The third kappa shape index (κ3) is 6.23. The summed E-state index contributed by atoms with van der Waals surface area (Å²) in [6.45, 7) is 0.333. The van der Waals surface area contributed by atoms with E-state index in [1.165, 1.54) is 12.2 Å². The van der Waals surface area contributed by atoms with E-state index in [2.05, 4.69) is 5.32 Å². The van der Waals surface area contributed by atoms with Crippen molar-refractivity contribution in [2.24, 2.45) is 0 Å². The number of rotatable bonds is 6. The summed E-state index contributed by atoms with van der Waals surface area (Å²) >= 11 is 0. The van der Waals surface area contributed by atoms with Gasteiger partial charge in [-0.2, -0.15) is 13.2 Å². The summed E-state index contributed by atoms with van der Waals surface area (Å²) in [5.74, 6) is -0.947. The minimum absolute atomic E-state index is 0.132. The van der Waals surface area contributed by atoms with Crippen LogP contribution in [-0.4, -0.2) is 12.6 Å². The zero-order valence-corrected chi connectivity index (χ0v) is 13.7. The van der Waals surface area contributed by atoms with E-state index in [4.69, 9.17) is 4.74 Å². The van der Waals surface area contributed by atoms with Crippen LogP contribution in [0.4, 0.5) is 22.4 Å². The monoisotopic (exact) mass is 367 g/mol. The Morgan fingerprint density at radius 2 is 1.85 bits per heavy atom. The van der Waals surface area contributed by atoms with Crippen molar-refractivity contribution in [3.05, 3.63) is 77.1 Å². The third-order valence-corrected chi connectivity index (χ3v) is 3.41. The van der Waals surface area contributed by atoms with E-state index in [1.54, 1.807) is 0 Å². The molecule has 0 bridgehead atoms. The van der Waals surface area contributed by atoms with Gasteiger partial charge in [-0.1, -0.05) is 48.6 Å². The summed E-state index contributed by atoms with van der Waals surface area (Å²) in [7, 11) is 0. The minimum Gasteiger partial charge on any atom is -0.445 e. The molecule has 0 saturated heterocycles. The quantitative estimate of drug-likeness (QED) is 0.565. The average molecular weight is 367 g/mol. The van der Waals surface area contributed by atoms with Gasteiger partial charge in [0, 0.05) is 6.54 Å². The van der Waals surface area contributed by atoms with Gasteiger partial charge in [0.2, 0.25) is 0 Å². The van der Waals surface area contributed by atoms with Crippen molar-refractivity contribution in [3.8, 4) is 0 Å². The van der Waals surface area contributed by atoms with Crippen LogP contribution in [0, 0.1) is 5.82 Å². The predicted octanol–water partition coefficient (Wildman–Crippen LogP) is 5.17. The van der Waals surface area contributed by atoms with Crippen molar-refractivity contribution in [1.29, 1.82) is 0 Å². The van der Waals surface area contributed by atoms with Gasteiger partial charge in [-0.25, -0.2) is 9.18 Å². The molecule has 0 radical (unpaired) electrons. The van der Waals surface area contributed by atoms with Gasteiger partial charge in [-0.3, -0.25) is 0 Å². The van der Waals surface area contributed by atoms with Crippen molar-refractivity contribution in [3.63, 3.8) is 0 Å². The van der Waals surface area contributed by atoms with Crippen LogP contribution in [0.3, 0.4) is 0 Å². The molecule has 0 aliphatic heterocycles. The first-order valence-electron chi connectivity index (χ1n) is 7.84. The number of benzene rings is 2. The highest BCUT2D eigenvalue weighted by Gasteiger charge is 2.33. The second kappa shape index (κ2) is 9.03. The summed E-state index contributed by atoms with van der Waals surface area (Å²) in [4.78, 5) is 11.5. The Morgan fingerprint density at radius 1 is 1.12 bits per heavy atom. The van der Waals surface area contributed by atoms with E-state index in [0.29, 0.717) is 12.5 Å². The molecular weight excluding hydrogens is 350 g/mol. The molecule has 26 heavy (non-hydrogen) atoms. The molecule has 2 aromatic carbocycles. The van der Waals surface area contributed by atoms with Gasteiger partial charge in [0.1, 0.15) is 12.4 Å². The normalized spacial score (nSPS) is 11.5. The topological polar surface area (TPSA) is 38.3 Å². The molecule has 0 aliphatic rings. The average Bonchev–Trinajstić information content (AvgIpc) is 2.61. The molecule has 2 aromatic rings. The Bertz CT molecular complexity index is 758. The van der Waals surface area contributed by atoms with Crippen molar-refractivity contribution < 1.29 is 27.1 Å². The number of amides is 1. The van der Waals surface area contributed by atoms with Gasteiger partial charge < -0.3 is 10.1 Å². The summed E-state index contributed by atoms with van der Waals surface area (Å²) in [5, 5.41) is 2.50.